The lowest BCUT2D eigenvalue weighted by Crippen LogP contribution is -2.67. The first-order valence-electron chi connectivity index (χ1n) is 19.9. The molecule has 3 saturated heterocycles. The van der Waals surface area contributed by atoms with Gasteiger partial charge in [-0.15, -0.1) is 0 Å². The normalized spacial score (nSPS) is 33.0. The van der Waals surface area contributed by atoms with Crippen LogP contribution in [-0.2, 0) is 33.2 Å². The van der Waals surface area contributed by atoms with E-state index in [0.29, 0.717) is 5.56 Å². The van der Waals surface area contributed by atoms with Gasteiger partial charge in [-0.1, -0.05) is 12.1 Å². The van der Waals surface area contributed by atoms with Gasteiger partial charge in [0.05, 0.1) is 13.2 Å². The Morgan fingerprint density at radius 1 is 0.615 bits per heavy atom. The van der Waals surface area contributed by atoms with Crippen molar-refractivity contribution in [1.29, 1.82) is 0 Å². The van der Waals surface area contributed by atoms with E-state index in [4.69, 9.17) is 37.6 Å². The van der Waals surface area contributed by atoms with E-state index in [0.717, 1.165) is 18.2 Å². The summed E-state index contributed by atoms with van der Waals surface area (Å²) in [6, 6.07) is 12.7. The van der Waals surface area contributed by atoms with Gasteiger partial charge in [-0.25, -0.2) is 4.79 Å². The number of carbonyl (C=O) groups excluding carboxylic acids is 1. The molecular weight excluding hydrogens is 872 g/mol. The number of phenolic OH excluding ortho intramolecular Hbond substituents is 4. The van der Waals surface area contributed by atoms with E-state index >= 15 is 0 Å². The topological polar surface area (TPSA) is 375 Å². The van der Waals surface area contributed by atoms with Crippen LogP contribution in [0.4, 0.5) is 0 Å². The predicted octanol–water partition coefficient (Wildman–Crippen LogP) is -2.63. The van der Waals surface area contributed by atoms with Crippen molar-refractivity contribution in [1.82, 2.24) is 0 Å². The minimum Gasteiger partial charge on any atom is -0.508 e. The van der Waals surface area contributed by atoms with Gasteiger partial charge in [-0.2, -0.15) is 0 Å². The number of hydrogen-bond acceptors (Lipinski definition) is 23. The van der Waals surface area contributed by atoms with Gasteiger partial charge < -0.3 is 104 Å². The van der Waals surface area contributed by atoms with Crippen molar-refractivity contribution in [2.24, 2.45) is 0 Å². The molecule has 3 aliphatic rings. The predicted molar refractivity (Wildman–Crippen MR) is 214 cm³/mol. The molecule has 0 unspecified atom stereocenters. The number of rotatable bonds is 13. The molecule has 3 aromatic carbocycles. The van der Waals surface area contributed by atoms with Crippen molar-refractivity contribution < 1.29 is 109 Å². The van der Waals surface area contributed by atoms with Crippen LogP contribution in [0.25, 0.3) is 28.4 Å². The number of hydrogen-bond donors (Lipinski definition) is 13. The Kier molecular flexibility index (Phi) is 14.6. The standard InChI is InChI=1S/C42H46O23/c43-13-23-29(51)34(56)39(41(60-23)63-37-31(53)27-21(48)11-20(47)12-22(27)59-36(37)17-4-8-19(46)9-5-17)65-42-38(33(55)28(50)24(14-44)61-42)64-40-35(57)32(54)30(52)25(62-40)15-58-26(49)10-3-16-1-6-18(45)7-2-16/h1-12,23-25,28-30,32-35,38-48,50-52,54-57H,13-15H2/b10-3+/t23-,24-,25-,28-,29-,30-,32+,33+,34+,35-,38-,39-,40+,41+,42+/m0/s1. The number of esters is 1. The van der Waals surface area contributed by atoms with Crippen LogP contribution >= 0.6 is 0 Å². The molecule has 7 rings (SSSR count). The van der Waals surface area contributed by atoms with Gasteiger partial charge in [0.25, 0.3) is 0 Å². The van der Waals surface area contributed by atoms with Crippen LogP contribution in [0.3, 0.4) is 0 Å². The Bertz CT molecular complexity index is 2350. The molecule has 15 atom stereocenters. The van der Waals surface area contributed by atoms with Gasteiger partial charge in [-0.3, -0.25) is 4.79 Å². The van der Waals surface area contributed by atoms with E-state index in [-0.39, 0.29) is 28.4 Å². The summed E-state index contributed by atoms with van der Waals surface area (Å²) in [5, 5.41) is 137. The zero-order valence-electron chi connectivity index (χ0n) is 33.6. The number of aliphatic hydroxyl groups excluding tert-OH is 9. The van der Waals surface area contributed by atoms with E-state index in [1.807, 2.05) is 0 Å². The van der Waals surface area contributed by atoms with E-state index < -0.39 is 146 Å². The third-order valence-corrected chi connectivity index (χ3v) is 10.9. The molecule has 3 fully saturated rings. The summed E-state index contributed by atoms with van der Waals surface area (Å²) in [5.74, 6) is -3.49. The molecule has 4 heterocycles. The van der Waals surface area contributed by atoms with E-state index in [1.165, 1.54) is 54.6 Å². The van der Waals surface area contributed by atoms with Crippen LogP contribution < -0.4 is 10.2 Å². The second kappa shape index (κ2) is 19.9. The third-order valence-electron chi connectivity index (χ3n) is 10.9. The lowest BCUT2D eigenvalue weighted by Gasteiger charge is -2.48. The van der Waals surface area contributed by atoms with Crippen molar-refractivity contribution in [3.8, 4) is 40.1 Å². The van der Waals surface area contributed by atoms with Crippen LogP contribution in [0.2, 0.25) is 0 Å². The maximum atomic E-state index is 14.1. The lowest BCUT2D eigenvalue weighted by molar-refractivity contribution is -0.389. The second-order valence-corrected chi connectivity index (χ2v) is 15.3. The summed E-state index contributed by atoms with van der Waals surface area (Å²) in [5.41, 5.74) is -0.808. The van der Waals surface area contributed by atoms with Crippen molar-refractivity contribution in [2.75, 3.05) is 19.8 Å². The monoisotopic (exact) mass is 918 g/mol. The van der Waals surface area contributed by atoms with Gasteiger partial charge in [0, 0.05) is 23.8 Å². The average molecular weight is 919 g/mol. The minimum atomic E-state index is -2.13. The number of aliphatic hydroxyl groups is 9. The molecule has 352 valence electrons. The summed E-state index contributed by atoms with van der Waals surface area (Å²) >= 11 is 0. The third kappa shape index (κ3) is 10.0. The molecular formula is C42H46O23. The fourth-order valence-corrected chi connectivity index (χ4v) is 7.34. The first kappa shape index (κ1) is 47.5. The average Bonchev–Trinajstić information content (AvgIpc) is 3.28. The molecule has 23 heteroatoms. The molecule has 0 spiro atoms. The lowest BCUT2D eigenvalue weighted by atomic mass is 9.96. The Hall–Kier alpha value is -5.48. The number of aromatic hydroxyl groups is 4. The minimum absolute atomic E-state index is 0.00702. The van der Waals surface area contributed by atoms with Crippen LogP contribution in [0.15, 0.2) is 76.0 Å². The van der Waals surface area contributed by atoms with Crippen LogP contribution in [0.1, 0.15) is 5.56 Å². The number of benzene rings is 3. The number of carbonyl (C=O) groups is 1. The van der Waals surface area contributed by atoms with Crippen molar-refractivity contribution in [2.45, 2.75) is 92.1 Å². The highest BCUT2D eigenvalue weighted by atomic mass is 16.8. The van der Waals surface area contributed by atoms with Gasteiger partial charge in [-0.05, 0) is 48.0 Å². The fourth-order valence-electron chi connectivity index (χ4n) is 7.34. The SMILES string of the molecule is O=C(/C=C/c1ccc(O)cc1)OC[C@@H]1O[C@H](O[C@@H]2[C@@H](O[C@@H]3[C@@H](Oc4c(-c5ccc(O)cc5)oc5cc(O)cc(O)c5c4=O)O[C@@H](CO)[C@H](O)[C@H]3O)O[C@@H](CO)[C@H](O)[C@H]2O)[C@@H](O)[C@H](O)[C@H]1O. The van der Waals surface area contributed by atoms with Crippen LogP contribution in [0.5, 0.6) is 28.7 Å². The van der Waals surface area contributed by atoms with Crippen molar-refractivity contribution in [3.63, 3.8) is 0 Å². The van der Waals surface area contributed by atoms with E-state index in [9.17, 15) is 76.0 Å². The molecule has 0 bridgehead atoms. The Morgan fingerprint density at radius 2 is 1.15 bits per heavy atom. The summed E-state index contributed by atoms with van der Waals surface area (Å²) in [6.07, 6.45) is -27.0. The first-order chi connectivity index (χ1) is 31.0. The molecule has 23 nitrogen and oxygen atoms in total. The molecule has 65 heavy (non-hydrogen) atoms. The molecule has 13 N–H and O–H groups in total. The number of ether oxygens (including phenoxy) is 7. The quantitative estimate of drug-likeness (QED) is 0.0482. The number of fused-ring (bicyclic) bond motifs is 1. The van der Waals surface area contributed by atoms with Crippen molar-refractivity contribution in [3.05, 3.63) is 82.5 Å². The Labute approximate surface area is 365 Å². The highest BCUT2D eigenvalue weighted by Gasteiger charge is 2.55. The summed E-state index contributed by atoms with van der Waals surface area (Å²) in [4.78, 5) is 26.6. The van der Waals surface area contributed by atoms with Gasteiger partial charge >= 0.3 is 5.97 Å². The summed E-state index contributed by atoms with van der Waals surface area (Å²) < 4.78 is 46.1. The zero-order chi connectivity index (χ0) is 46.9. The maximum absolute atomic E-state index is 14.1. The first-order valence-corrected chi connectivity index (χ1v) is 19.9. The molecule has 4 aromatic rings. The zero-order valence-corrected chi connectivity index (χ0v) is 33.6. The molecule has 0 amide bonds. The smallest absolute Gasteiger partial charge is 0.330 e. The van der Waals surface area contributed by atoms with Gasteiger partial charge in [0.1, 0.15) is 108 Å². The van der Waals surface area contributed by atoms with Crippen LogP contribution in [0, 0.1) is 0 Å². The molecule has 0 saturated carbocycles. The van der Waals surface area contributed by atoms with Crippen molar-refractivity contribution >= 4 is 23.0 Å². The van der Waals surface area contributed by atoms with Gasteiger partial charge in [0.2, 0.25) is 17.5 Å². The maximum Gasteiger partial charge on any atom is 0.330 e. The fraction of sp³-hybridized carbons (Fsp3) is 0.429. The second-order valence-electron chi connectivity index (χ2n) is 15.3. The van der Waals surface area contributed by atoms with Crippen LogP contribution in [-0.4, -0.2) is 184 Å². The highest BCUT2D eigenvalue weighted by Crippen LogP contribution is 2.39. The van der Waals surface area contributed by atoms with E-state index in [2.05, 4.69) is 0 Å². The Balaban J connectivity index is 1.18. The molecule has 1 aromatic heterocycles. The summed E-state index contributed by atoms with van der Waals surface area (Å²) in [7, 11) is 0. The highest BCUT2D eigenvalue weighted by molar-refractivity contribution is 5.88. The largest absolute Gasteiger partial charge is 0.508 e. The molecule has 0 radical (unpaired) electrons. The summed E-state index contributed by atoms with van der Waals surface area (Å²) in [6.45, 7) is -2.63. The molecule has 3 aliphatic heterocycles. The Morgan fingerprint density at radius 3 is 1.77 bits per heavy atom. The number of phenols is 4. The molecule has 0 aliphatic carbocycles. The van der Waals surface area contributed by atoms with E-state index in [1.54, 1.807) is 0 Å². The van der Waals surface area contributed by atoms with Gasteiger partial charge in [0.15, 0.2) is 24.4 Å².